The van der Waals surface area contributed by atoms with Crippen molar-refractivity contribution < 1.29 is 0 Å². The Kier molecular flexibility index (Phi) is 2.85. The Morgan fingerprint density at radius 3 is 2.79 bits per heavy atom. The summed E-state index contributed by atoms with van der Waals surface area (Å²) in [7, 11) is 2.06. The Morgan fingerprint density at radius 2 is 2.07 bits per heavy atom. The van der Waals surface area contributed by atoms with E-state index in [4.69, 9.17) is 0 Å². The number of likely N-dealkylation sites (N-methyl/N-ethyl adjacent to an activating group) is 1. The van der Waals surface area contributed by atoms with Crippen molar-refractivity contribution >= 4 is 0 Å². The lowest BCUT2D eigenvalue weighted by Gasteiger charge is -2.39. The Hall–Kier alpha value is -0.0800. The first-order chi connectivity index (χ1) is 6.65. The van der Waals surface area contributed by atoms with Crippen molar-refractivity contribution in [3.63, 3.8) is 0 Å². The van der Waals surface area contributed by atoms with Crippen molar-refractivity contribution in [1.82, 2.24) is 10.2 Å². The second kappa shape index (κ2) is 3.82. The fourth-order valence-corrected chi connectivity index (χ4v) is 3.52. The van der Waals surface area contributed by atoms with Gasteiger partial charge in [0.2, 0.25) is 0 Å². The molecule has 1 saturated carbocycles. The summed E-state index contributed by atoms with van der Waals surface area (Å²) in [6.45, 7) is 7.19. The smallest absolute Gasteiger partial charge is 0.0280 e. The lowest BCUT2D eigenvalue weighted by atomic mass is 9.99. The number of hydrogen-bond donors (Lipinski definition) is 1. The first kappa shape index (κ1) is 10.4. The molecule has 1 aliphatic carbocycles. The van der Waals surface area contributed by atoms with Gasteiger partial charge in [0.05, 0.1) is 0 Å². The first-order valence-corrected chi connectivity index (χ1v) is 6.06. The molecule has 2 nitrogen and oxygen atoms in total. The van der Waals surface area contributed by atoms with Crippen LogP contribution in [-0.4, -0.2) is 36.6 Å². The van der Waals surface area contributed by atoms with Gasteiger partial charge in [0.15, 0.2) is 0 Å². The molecular formula is C12H24N2. The Labute approximate surface area is 88.1 Å². The molecule has 0 aromatic carbocycles. The van der Waals surface area contributed by atoms with E-state index in [2.05, 4.69) is 31.1 Å². The summed E-state index contributed by atoms with van der Waals surface area (Å²) < 4.78 is 0. The monoisotopic (exact) mass is 196 g/mol. The van der Waals surface area contributed by atoms with E-state index in [0.717, 1.165) is 18.5 Å². The first-order valence-electron chi connectivity index (χ1n) is 6.06. The molecule has 0 amide bonds. The topological polar surface area (TPSA) is 15.3 Å². The number of hydrogen-bond acceptors (Lipinski definition) is 2. The molecule has 2 unspecified atom stereocenters. The Morgan fingerprint density at radius 1 is 1.29 bits per heavy atom. The zero-order chi connectivity index (χ0) is 10.2. The normalized spacial score (nSPS) is 33.6. The van der Waals surface area contributed by atoms with Crippen LogP contribution in [0.2, 0.25) is 0 Å². The molecule has 2 fully saturated rings. The number of fused-ring (bicyclic) bond motifs is 1. The van der Waals surface area contributed by atoms with E-state index >= 15 is 0 Å². The van der Waals surface area contributed by atoms with Crippen molar-refractivity contribution in [2.24, 2.45) is 5.92 Å². The molecule has 1 aliphatic heterocycles. The lowest BCUT2D eigenvalue weighted by molar-refractivity contribution is 0.0998. The van der Waals surface area contributed by atoms with Gasteiger partial charge in [-0.15, -0.1) is 0 Å². The molecule has 0 aromatic rings. The summed E-state index contributed by atoms with van der Waals surface area (Å²) in [5.74, 6) is 1.02. The van der Waals surface area contributed by atoms with Gasteiger partial charge < -0.3 is 5.32 Å². The maximum atomic E-state index is 3.32. The molecule has 2 aliphatic rings. The standard InChI is InChI=1S/C12H24N2/c1-12(2,9-13-3)14-8-7-10-5-4-6-11(10)14/h10-11,13H,4-9H2,1-3H3. The van der Waals surface area contributed by atoms with Crippen molar-refractivity contribution in [3.05, 3.63) is 0 Å². The molecule has 0 bridgehead atoms. The second-order valence-electron chi connectivity index (χ2n) is 5.58. The molecule has 14 heavy (non-hydrogen) atoms. The van der Waals surface area contributed by atoms with Gasteiger partial charge in [-0.25, -0.2) is 0 Å². The molecule has 1 heterocycles. The van der Waals surface area contributed by atoms with E-state index in [-0.39, 0.29) is 0 Å². The molecule has 2 heteroatoms. The minimum atomic E-state index is 0.346. The molecule has 82 valence electrons. The maximum Gasteiger partial charge on any atom is 0.0280 e. The fourth-order valence-electron chi connectivity index (χ4n) is 3.52. The largest absolute Gasteiger partial charge is 0.318 e. The van der Waals surface area contributed by atoms with Crippen LogP contribution in [0.4, 0.5) is 0 Å². The summed E-state index contributed by atoms with van der Waals surface area (Å²) in [6.07, 6.45) is 5.83. The van der Waals surface area contributed by atoms with Crippen molar-refractivity contribution in [2.75, 3.05) is 20.1 Å². The molecule has 2 atom stereocenters. The zero-order valence-corrected chi connectivity index (χ0v) is 9.84. The molecule has 2 rings (SSSR count). The Balaban J connectivity index is 2.03. The number of nitrogens with one attached hydrogen (secondary N) is 1. The van der Waals surface area contributed by atoms with E-state index in [0.29, 0.717) is 5.54 Å². The van der Waals surface area contributed by atoms with Crippen molar-refractivity contribution in [1.29, 1.82) is 0 Å². The highest BCUT2D eigenvalue weighted by molar-refractivity contribution is 4.98. The van der Waals surface area contributed by atoms with Gasteiger partial charge in [0.25, 0.3) is 0 Å². The van der Waals surface area contributed by atoms with Crippen LogP contribution < -0.4 is 5.32 Å². The summed E-state index contributed by atoms with van der Waals surface area (Å²) >= 11 is 0. The summed E-state index contributed by atoms with van der Waals surface area (Å²) in [5.41, 5.74) is 0.346. The molecule has 1 N–H and O–H groups in total. The number of rotatable bonds is 3. The third-order valence-corrected chi connectivity index (χ3v) is 4.15. The zero-order valence-electron chi connectivity index (χ0n) is 9.84. The third kappa shape index (κ3) is 1.70. The van der Waals surface area contributed by atoms with Crippen LogP contribution in [0.3, 0.4) is 0 Å². The van der Waals surface area contributed by atoms with Crippen LogP contribution >= 0.6 is 0 Å². The van der Waals surface area contributed by atoms with Gasteiger partial charge in [0, 0.05) is 18.1 Å². The average Bonchev–Trinajstić information content (AvgIpc) is 2.60. The summed E-state index contributed by atoms with van der Waals surface area (Å²) in [6, 6.07) is 0.901. The number of nitrogens with zero attached hydrogens (tertiary/aromatic N) is 1. The maximum absolute atomic E-state index is 3.32. The fraction of sp³-hybridized carbons (Fsp3) is 1.00. The number of likely N-dealkylation sites (tertiary alicyclic amines) is 1. The van der Waals surface area contributed by atoms with Crippen LogP contribution in [0, 0.1) is 5.92 Å². The highest BCUT2D eigenvalue weighted by Gasteiger charge is 2.43. The van der Waals surface area contributed by atoms with Crippen molar-refractivity contribution in [2.45, 2.75) is 51.1 Å². The van der Waals surface area contributed by atoms with Crippen LogP contribution in [0.1, 0.15) is 39.5 Å². The molecule has 1 saturated heterocycles. The predicted octanol–water partition coefficient (Wildman–Crippen LogP) is 1.86. The van der Waals surface area contributed by atoms with E-state index in [9.17, 15) is 0 Å². The van der Waals surface area contributed by atoms with E-state index in [1.165, 1.54) is 32.2 Å². The van der Waals surface area contributed by atoms with E-state index in [1.54, 1.807) is 0 Å². The SMILES string of the molecule is CNCC(C)(C)N1CCC2CCCC21. The minimum Gasteiger partial charge on any atom is -0.318 e. The highest BCUT2D eigenvalue weighted by Crippen LogP contribution is 2.40. The summed E-state index contributed by atoms with van der Waals surface area (Å²) in [4.78, 5) is 2.75. The minimum absolute atomic E-state index is 0.346. The van der Waals surface area contributed by atoms with Gasteiger partial charge in [-0.2, -0.15) is 0 Å². The van der Waals surface area contributed by atoms with Crippen molar-refractivity contribution in [3.8, 4) is 0 Å². The molecule has 0 radical (unpaired) electrons. The second-order valence-corrected chi connectivity index (χ2v) is 5.58. The molecular weight excluding hydrogens is 172 g/mol. The third-order valence-electron chi connectivity index (χ3n) is 4.15. The summed E-state index contributed by atoms with van der Waals surface area (Å²) in [5, 5.41) is 3.32. The van der Waals surface area contributed by atoms with Crippen LogP contribution in [0.15, 0.2) is 0 Å². The van der Waals surface area contributed by atoms with E-state index in [1.807, 2.05) is 0 Å². The Bertz CT molecular complexity index is 200. The average molecular weight is 196 g/mol. The highest BCUT2D eigenvalue weighted by atomic mass is 15.3. The van der Waals surface area contributed by atoms with E-state index < -0.39 is 0 Å². The lowest BCUT2D eigenvalue weighted by Crippen LogP contribution is -2.52. The van der Waals surface area contributed by atoms with Gasteiger partial charge in [-0.05, 0) is 52.6 Å². The van der Waals surface area contributed by atoms with Crippen LogP contribution in [-0.2, 0) is 0 Å². The van der Waals surface area contributed by atoms with Crippen LogP contribution in [0.25, 0.3) is 0 Å². The van der Waals surface area contributed by atoms with Gasteiger partial charge >= 0.3 is 0 Å². The molecule has 0 spiro atoms. The predicted molar refractivity (Wildman–Crippen MR) is 60.5 cm³/mol. The van der Waals surface area contributed by atoms with Gasteiger partial charge in [0.1, 0.15) is 0 Å². The van der Waals surface area contributed by atoms with Gasteiger partial charge in [-0.1, -0.05) is 6.42 Å². The quantitative estimate of drug-likeness (QED) is 0.741. The van der Waals surface area contributed by atoms with Crippen LogP contribution in [0.5, 0.6) is 0 Å². The molecule has 0 aromatic heterocycles. The van der Waals surface area contributed by atoms with Gasteiger partial charge in [-0.3, -0.25) is 4.90 Å².